The molecule has 2 rings (SSSR count). The van der Waals surface area contributed by atoms with E-state index in [0.717, 1.165) is 5.65 Å². The number of hydrogen-bond donors (Lipinski definition) is 0. The molecule has 0 fully saturated rings. The van der Waals surface area contributed by atoms with Crippen LogP contribution < -0.4 is 0 Å². The molecule has 2 aromatic heterocycles. The van der Waals surface area contributed by atoms with Gasteiger partial charge in [0.15, 0.2) is 10.8 Å². The van der Waals surface area contributed by atoms with E-state index in [9.17, 15) is 4.79 Å². The van der Waals surface area contributed by atoms with Crippen molar-refractivity contribution in [3.8, 4) is 0 Å². The molecule has 0 aliphatic rings. The molecule has 2 aromatic rings. The zero-order chi connectivity index (χ0) is 11.4. The summed E-state index contributed by atoms with van der Waals surface area (Å²) in [6.45, 7) is 2.19. The molecule has 0 unspecified atom stereocenters. The van der Waals surface area contributed by atoms with Crippen LogP contribution in [0, 0.1) is 0 Å². The van der Waals surface area contributed by atoms with Gasteiger partial charge in [-0.05, 0) is 19.1 Å². The van der Waals surface area contributed by atoms with Gasteiger partial charge >= 0.3 is 5.97 Å². The molecule has 0 radical (unpaired) electrons. The molecule has 2 heterocycles. The molecular formula is C10H11N3O2S. The van der Waals surface area contributed by atoms with Gasteiger partial charge in [0.25, 0.3) is 0 Å². The number of ether oxygens (including phenoxy) is 1. The van der Waals surface area contributed by atoms with Crippen LogP contribution in [0.3, 0.4) is 0 Å². The van der Waals surface area contributed by atoms with E-state index in [1.807, 2.05) is 28.8 Å². The summed E-state index contributed by atoms with van der Waals surface area (Å²) in [6, 6.07) is 5.65. The molecule has 0 bridgehead atoms. The number of carbonyl (C=O) groups excluding carboxylic acids is 1. The average Bonchev–Trinajstić information content (AvgIpc) is 2.70. The molecule has 0 aromatic carbocycles. The predicted octanol–water partition coefficient (Wildman–Crippen LogP) is 1.38. The molecule has 0 saturated heterocycles. The van der Waals surface area contributed by atoms with Crippen LogP contribution in [-0.4, -0.2) is 32.9 Å². The van der Waals surface area contributed by atoms with Crippen molar-refractivity contribution < 1.29 is 9.53 Å². The summed E-state index contributed by atoms with van der Waals surface area (Å²) in [4.78, 5) is 11.2. The van der Waals surface area contributed by atoms with Gasteiger partial charge in [-0.2, -0.15) is 0 Å². The lowest BCUT2D eigenvalue weighted by molar-refractivity contribution is -0.139. The molecule has 0 saturated carbocycles. The fourth-order valence-electron chi connectivity index (χ4n) is 1.24. The predicted molar refractivity (Wildman–Crippen MR) is 60.3 cm³/mol. The highest BCUT2D eigenvalue weighted by Crippen LogP contribution is 2.16. The molecule has 0 amide bonds. The molecule has 5 nitrogen and oxygen atoms in total. The van der Waals surface area contributed by atoms with Gasteiger partial charge in [0, 0.05) is 6.20 Å². The van der Waals surface area contributed by atoms with E-state index in [-0.39, 0.29) is 11.7 Å². The topological polar surface area (TPSA) is 56.5 Å². The number of esters is 1. The maximum Gasteiger partial charge on any atom is 0.316 e. The van der Waals surface area contributed by atoms with Crippen molar-refractivity contribution in [2.24, 2.45) is 0 Å². The summed E-state index contributed by atoms with van der Waals surface area (Å²) in [5.41, 5.74) is 0.772. The first-order chi connectivity index (χ1) is 7.81. The SMILES string of the molecule is CCOC(=O)CSc1nnc2ccccn12. The van der Waals surface area contributed by atoms with Crippen LogP contribution in [0.2, 0.25) is 0 Å². The number of thioether (sulfide) groups is 1. The molecule has 0 N–H and O–H groups in total. The Hall–Kier alpha value is -1.56. The van der Waals surface area contributed by atoms with E-state index in [1.165, 1.54) is 11.8 Å². The first-order valence-corrected chi connectivity index (χ1v) is 5.88. The molecular weight excluding hydrogens is 226 g/mol. The number of hydrogen-bond acceptors (Lipinski definition) is 5. The summed E-state index contributed by atoms with van der Waals surface area (Å²) < 4.78 is 6.67. The highest BCUT2D eigenvalue weighted by atomic mass is 32.2. The average molecular weight is 237 g/mol. The van der Waals surface area contributed by atoms with Gasteiger partial charge in [0.05, 0.1) is 12.4 Å². The quantitative estimate of drug-likeness (QED) is 0.594. The summed E-state index contributed by atoms with van der Waals surface area (Å²) in [5, 5.41) is 8.68. The van der Waals surface area contributed by atoms with Crippen molar-refractivity contribution >= 4 is 23.4 Å². The third-order valence-electron chi connectivity index (χ3n) is 1.91. The summed E-state index contributed by atoms with van der Waals surface area (Å²) in [6.07, 6.45) is 1.86. The summed E-state index contributed by atoms with van der Waals surface area (Å²) in [5.74, 6) is 0.0176. The monoisotopic (exact) mass is 237 g/mol. The lowest BCUT2D eigenvalue weighted by Crippen LogP contribution is -2.06. The standard InChI is InChI=1S/C10H11N3O2S/c1-2-15-9(14)7-16-10-12-11-8-5-3-4-6-13(8)10/h3-6H,2,7H2,1H3. The third-order valence-corrected chi connectivity index (χ3v) is 2.82. The normalized spacial score (nSPS) is 10.6. The third kappa shape index (κ3) is 2.33. The fourth-order valence-corrected chi connectivity index (χ4v) is 1.97. The van der Waals surface area contributed by atoms with Gasteiger partial charge in [-0.15, -0.1) is 10.2 Å². The zero-order valence-corrected chi connectivity index (χ0v) is 9.61. The number of aromatic nitrogens is 3. The van der Waals surface area contributed by atoms with Crippen molar-refractivity contribution in [3.05, 3.63) is 24.4 Å². The number of rotatable bonds is 4. The number of pyridine rings is 1. The number of carbonyl (C=O) groups is 1. The largest absolute Gasteiger partial charge is 0.465 e. The van der Waals surface area contributed by atoms with Crippen LogP contribution in [0.15, 0.2) is 29.6 Å². The Bertz CT molecular complexity index is 498. The van der Waals surface area contributed by atoms with Crippen LogP contribution in [0.25, 0.3) is 5.65 Å². The Kier molecular flexibility index (Phi) is 3.40. The molecule has 0 atom stereocenters. The first kappa shape index (κ1) is 10.9. The highest BCUT2D eigenvalue weighted by molar-refractivity contribution is 7.99. The fraction of sp³-hybridized carbons (Fsp3) is 0.300. The van der Waals surface area contributed by atoms with Crippen LogP contribution in [0.4, 0.5) is 0 Å². The Morgan fingerprint density at radius 1 is 1.50 bits per heavy atom. The molecule has 16 heavy (non-hydrogen) atoms. The van der Waals surface area contributed by atoms with Crippen molar-refractivity contribution in [3.63, 3.8) is 0 Å². The molecule has 84 valence electrons. The van der Waals surface area contributed by atoms with E-state index in [0.29, 0.717) is 11.8 Å². The van der Waals surface area contributed by atoms with Gasteiger partial charge in [0.2, 0.25) is 0 Å². The second kappa shape index (κ2) is 4.98. The maximum absolute atomic E-state index is 11.2. The van der Waals surface area contributed by atoms with Crippen molar-refractivity contribution in [2.75, 3.05) is 12.4 Å². The van der Waals surface area contributed by atoms with Crippen LogP contribution in [0.1, 0.15) is 6.92 Å². The van der Waals surface area contributed by atoms with Crippen LogP contribution >= 0.6 is 11.8 Å². The Labute approximate surface area is 96.8 Å². The minimum Gasteiger partial charge on any atom is -0.465 e. The lowest BCUT2D eigenvalue weighted by Gasteiger charge is -2.00. The van der Waals surface area contributed by atoms with Crippen LogP contribution in [0.5, 0.6) is 0 Å². The molecule has 0 aliphatic carbocycles. The maximum atomic E-state index is 11.2. The van der Waals surface area contributed by atoms with E-state index in [4.69, 9.17) is 4.74 Å². The first-order valence-electron chi connectivity index (χ1n) is 4.89. The van der Waals surface area contributed by atoms with Gasteiger partial charge in [-0.3, -0.25) is 9.20 Å². The van der Waals surface area contributed by atoms with Crippen molar-refractivity contribution in [1.29, 1.82) is 0 Å². The van der Waals surface area contributed by atoms with E-state index < -0.39 is 0 Å². The minimum absolute atomic E-state index is 0.236. The minimum atomic E-state index is -0.236. The molecule has 0 aliphatic heterocycles. The van der Waals surface area contributed by atoms with Crippen molar-refractivity contribution in [2.45, 2.75) is 12.1 Å². The van der Waals surface area contributed by atoms with E-state index in [1.54, 1.807) is 6.92 Å². The lowest BCUT2D eigenvalue weighted by atomic mass is 10.5. The molecule has 0 spiro atoms. The number of fused-ring (bicyclic) bond motifs is 1. The Morgan fingerprint density at radius 2 is 2.38 bits per heavy atom. The Morgan fingerprint density at radius 3 is 3.19 bits per heavy atom. The van der Waals surface area contributed by atoms with Crippen LogP contribution in [-0.2, 0) is 9.53 Å². The smallest absolute Gasteiger partial charge is 0.316 e. The zero-order valence-electron chi connectivity index (χ0n) is 8.79. The van der Waals surface area contributed by atoms with Crippen molar-refractivity contribution in [1.82, 2.24) is 14.6 Å². The second-order valence-corrected chi connectivity index (χ2v) is 3.95. The highest BCUT2D eigenvalue weighted by Gasteiger charge is 2.08. The summed E-state index contributed by atoms with van der Waals surface area (Å²) in [7, 11) is 0. The summed E-state index contributed by atoms with van der Waals surface area (Å²) >= 11 is 1.32. The molecule has 6 heteroatoms. The van der Waals surface area contributed by atoms with E-state index in [2.05, 4.69) is 10.2 Å². The Balaban J connectivity index is 2.07. The van der Waals surface area contributed by atoms with Gasteiger partial charge < -0.3 is 4.74 Å². The van der Waals surface area contributed by atoms with Gasteiger partial charge in [-0.1, -0.05) is 17.8 Å². The number of nitrogens with zero attached hydrogens (tertiary/aromatic N) is 3. The van der Waals surface area contributed by atoms with Gasteiger partial charge in [0.1, 0.15) is 0 Å². The second-order valence-electron chi connectivity index (χ2n) is 3.01. The van der Waals surface area contributed by atoms with Gasteiger partial charge in [-0.25, -0.2) is 0 Å². The van der Waals surface area contributed by atoms with E-state index >= 15 is 0 Å².